The summed E-state index contributed by atoms with van der Waals surface area (Å²) in [5.41, 5.74) is 0. The summed E-state index contributed by atoms with van der Waals surface area (Å²) in [4.78, 5) is 11.1. The average molecular weight is 264 g/mol. The highest BCUT2D eigenvalue weighted by Gasteiger charge is 2.25. The Balaban J connectivity index is 0. The monoisotopic (exact) mass is 263 g/mol. The van der Waals surface area contributed by atoms with Gasteiger partial charge in [-0.05, 0) is 12.8 Å². The molecule has 0 N–H and O–H groups in total. The Morgan fingerprint density at radius 1 is 1.35 bits per heavy atom. The summed E-state index contributed by atoms with van der Waals surface area (Å²) < 4.78 is 5.95. The number of halogens is 1. The molecular formula is C13H26ClNO2. The summed E-state index contributed by atoms with van der Waals surface area (Å²) in [6.07, 6.45) is 6.05. The first kappa shape index (κ1) is 18.8. The van der Waals surface area contributed by atoms with Gasteiger partial charge in [0, 0.05) is 13.0 Å². The molecule has 0 spiro atoms. The van der Waals surface area contributed by atoms with E-state index in [1.807, 2.05) is 6.92 Å². The molecule has 3 nitrogen and oxygen atoms in total. The lowest BCUT2D eigenvalue weighted by Crippen LogP contribution is -3.00. The predicted octanol–water partition coefficient (Wildman–Crippen LogP) is -0.278. The van der Waals surface area contributed by atoms with Crippen molar-refractivity contribution in [2.75, 3.05) is 20.6 Å². The molecule has 0 fully saturated rings. The van der Waals surface area contributed by atoms with Gasteiger partial charge in [0.05, 0.1) is 20.6 Å². The Kier molecular flexibility index (Phi) is 10.5. The zero-order valence-corrected chi connectivity index (χ0v) is 12.3. The third-order valence-corrected chi connectivity index (χ3v) is 3.03. The summed E-state index contributed by atoms with van der Waals surface area (Å²) in [5.74, 6) is -0.341. The lowest BCUT2D eigenvalue weighted by atomic mass is 10.2. The van der Waals surface area contributed by atoms with Crippen LogP contribution in [0.2, 0.25) is 0 Å². The third-order valence-electron chi connectivity index (χ3n) is 3.03. The number of quaternary nitrogens is 1. The van der Waals surface area contributed by atoms with Crippen LogP contribution in [0.15, 0.2) is 12.7 Å². The average Bonchev–Trinajstić information content (AvgIpc) is 2.24. The van der Waals surface area contributed by atoms with Crippen LogP contribution in [0.1, 0.15) is 39.5 Å². The molecule has 0 bridgehead atoms. The smallest absolute Gasteiger partial charge is 0.334 e. The van der Waals surface area contributed by atoms with Crippen molar-refractivity contribution in [3.8, 4) is 0 Å². The molecular weight excluding hydrogens is 238 g/mol. The Hall–Kier alpha value is -0.540. The molecule has 1 atom stereocenters. The summed E-state index contributed by atoms with van der Waals surface area (Å²) in [5, 5.41) is 0. The molecule has 0 saturated carbocycles. The number of esters is 1. The molecule has 0 saturated heterocycles. The summed E-state index contributed by atoms with van der Waals surface area (Å²) >= 11 is 0. The third kappa shape index (κ3) is 8.22. The van der Waals surface area contributed by atoms with Crippen LogP contribution in [0.4, 0.5) is 0 Å². The molecule has 102 valence electrons. The molecule has 17 heavy (non-hydrogen) atoms. The van der Waals surface area contributed by atoms with Crippen molar-refractivity contribution in [3.05, 3.63) is 12.7 Å². The number of ether oxygens (including phenoxy) is 1. The van der Waals surface area contributed by atoms with Crippen LogP contribution in [-0.2, 0) is 9.53 Å². The molecule has 0 rings (SSSR count). The highest BCUT2D eigenvalue weighted by atomic mass is 35.5. The van der Waals surface area contributed by atoms with Crippen molar-refractivity contribution >= 4 is 5.97 Å². The van der Waals surface area contributed by atoms with E-state index >= 15 is 0 Å². The Morgan fingerprint density at radius 2 is 1.94 bits per heavy atom. The number of hydrogen-bond donors (Lipinski definition) is 0. The lowest BCUT2D eigenvalue weighted by molar-refractivity contribution is -0.932. The number of carbonyl (C=O) groups is 1. The SMILES string of the molecule is C=CC(=O)OC(C)[N+](C)(C)CCCCCC.[Cl-]. The van der Waals surface area contributed by atoms with Gasteiger partial charge in [-0.2, -0.15) is 0 Å². The topological polar surface area (TPSA) is 26.3 Å². The van der Waals surface area contributed by atoms with Crippen LogP contribution in [0, 0.1) is 0 Å². The maximum absolute atomic E-state index is 11.1. The molecule has 0 radical (unpaired) electrons. The van der Waals surface area contributed by atoms with E-state index in [4.69, 9.17) is 4.74 Å². The Morgan fingerprint density at radius 3 is 2.41 bits per heavy atom. The maximum Gasteiger partial charge on any atom is 0.334 e. The minimum absolute atomic E-state index is 0. The van der Waals surface area contributed by atoms with Crippen molar-refractivity contribution in [1.29, 1.82) is 0 Å². The second kappa shape index (κ2) is 9.49. The van der Waals surface area contributed by atoms with E-state index in [-0.39, 0.29) is 24.6 Å². The second-order valence-electron chi connectivity index (χ2n) is 4.80. The number of nitrogens with zero attached hydrogens (tertiary/aromatic N) is 1. The van der Waals surface area contributed by atoms with Crippen LogP contribution in [0.3, 0.4) is 0 Å². The molecule has 4 heteroatoms. The fourth-order valence-corrected chi connectivity index (χ4v) is 1.49. The van der Waals surface area contributed by atoms with Crippen LogP contribution in [0.25, 0.3) is 0 Å². The summed E-state index contributed by atoms with van der Waals surface area (Å²) in [6, 6.07) is 0. The molecule has 0 heterocycles. The lowest BCUT2D eigenvalue weighted by Gasteiger charge is -2.34. The largest absolute Gasteiger partial charge is 1.00 e. The van der Waals surface area contributed by atoms with Crippen LogP contribution in [0.5, 0.6) is 0 Å². The van der Waals surface area contributed by atoms with Gasteiger partial charge in [0.25, 0.3) is 0 Å². The number of rotatable bonds is 8. The van der Waals surface area contributed by atoms with Gasteiger partial charge in [0.1, 0.15) is 0 Å². The summed E-state index contributed by atoms with van der Waals surface area (Å²) in [6.45, 7) is 8.57. The van der Waals surface area contributed by atoms with Crippen LogP contribution >= 0.6 is 0 Å². The first-order valence-corrected chi connectivity index (χ1v) is 6.09. The highest BCUT2D eigenvalue weighted by molar-refractivity contribution is 5.81. The van der Waals surface area contributed by atoms with E-state index in [0.717, 1.165) is 6.54 Å². The van der Waals surface area contributed by atoms with E-state index in [1.165, 1.54) is 31.8 Å². The molecule has 1 unspecified atom stereocenters. The Labute approximate surface area is 112 Å². The normalized spacial score (nSPS) is 12.5. The number of hydrogen-bond acceptors (Lipinski definition) is 2. The Bertz CT molecular complexity index is 229. The van der Waals surface area contributed by atoms with Crippen molar-refractivity contribution in [2.24, 2.45) is 0 Å². The first-order valence-electron chi connectivity index (χ1n) is 6.09. The molecule has 0 aromatic rings. The maximum atomic E-state index is 11.1. The summed E-state index contributed by atoms with van der Waals surface area (Å²) in [7, 11) is 4.18. The van der Waals surface area contributed by atoms with Gasteiger partial charge >= 0.3 is 5.97 Å². The van der Waals surface area contributed by atoms with Gasteiger partial charge in [-0.1, -0.05) is 26.3 Å². The van der Waals surface area contributed by atoms with Gasteiger partial charge in [0.15, 0.2) is 0 Å². The van der Waals surface area contributed by atoms with Gasteiger partial charge in [-0.15, -0.1) is 0 Å². The highest BCUT2D eigenvalue weighted by Crippen LogP contribution is 2.11. The van der Waals surface area contributed by atoms with Gasteiger partial charge in [-0.25, -0.2) is 4.79 Å². The predicted molar refractivity (Wildman–Crippen MR) is 66.9 cm³/mol. The van der Waals surface area contributed by atoms with E-state index < -0.39 is 0 Å². The van der Waals surface area contributed by atoms with Crippen molar-refractivity contribution < 1.29 is 26.4 Å². The van der Waals surface area contributed by atoms with Gasteiger partial charge in [-0.3, -0.25) is 4.48 Å². The quantitative estimate of drug-likeness (QED) is 0.198. The molecule has 0 aromatic carbocycles. The molecule has 0 aromatic heterocycles. The standard InChI is InChI=1S/C13H26NO2.ClH/c1-6-8-9-10-11-14(4,5)12(3)16-13(15)7-2;/h7,12H,2,6,8-11H2,1,3-5H3;1H/q+1;/p-1. The minimum Gasteiger partial charge on any atom is -1.00 e. The van der Waals surface area contributed by atoms with Gasteiger partial charge in [0.2, 0.25) is 6.23 Å². The van der Waals surface area contributed by atoms with E-state index in [0.29, 0.717) is 4.48 Å². The minimum atomic E-state index is -0.341. The van der Waals surface area contributed by atoms with E-state index in [2.05, 4.69) is 27.6 Å². The van der Waals surface area contributed by atoms with Crippen LogP contribution in [-0.4, -0.2) is 37.3 Å². The van der Waals surface area contributed by atoms with Crippen molar-refractivity contribution in [2.45, 2.75) is 45.8 Å². The molecule has 0 aliphatic rings. The zero-order chi connectivity index (χ0) is 12.6. The van der Waals surface area contributed by atoms with Crippen molar-refractivity contribution in [1.82, 2.24) is 0 Å². The molecule has 0 amide bonds. The van der Waals surface area contributed by atoms with Gasteiger partial charge < -0.3 is 17.1 Å². The fourth-order valence-electron chi connectivity index (χ4n) is 1.49. The first-order chi connectivity index (χ1) is 7.44. The van der Waals surface area contributed by atoms with E-state index in [1.54, 1.807) is 0 Å². The second-order valence-corrected chi connectivity index (χ2v) is 4.80. The molecule has 0 aliphatic carbocycles. The molecule has 0 aliphatic heterocycles. The number of carbonyl (C=O) groups excluding carboxylic acids is 1. The van der Waals surface area contributed by atoms with Crippen LogP contribution < -0.4 is 12.4 Å². The number of unbranched alkanes of at least 4 members (excludes halogenated alkanes) is 3. The fraction of sp³-hybridized carbons (Fsp3) is 0.769. The zero-order valence-electron chi connectivity index (χ0n) is 11.5. The van der Waals surface area contributed by atoms with Crippen molar-refractivity contribution in [3.63, 3.8) is 0 Å². The van der Waals surface area contributed by atoms with E-state index in [9.17, 15) is 4.79 Å².